The van der Waals surface area contributed by atoms with Gasteiger partial charge in [0.05, 0.1) is 28.5 Å². The Bertz CT molecular complexity index is 1190. The minimum atomic E-state index is -3.90. The van der Waals surface area contributed by atoms with Crippen LogP contribution in [0, 0.1) is 19.7 Å². The summed E-state index contributed by atoms with van der Waals surface area (Å²) in [5.41, 5.74) is 2.04. The maximum absolute atomic E-state index is 14.1. The molecule has 10 heteroatoms. The van der Waals surface area contributed by atoms with Gasteiger partial charge in [-0.1, -0.05) is 17.7 Å². The normalized spacial score (nSPS) is 11.4. The summed E-state index contributed by atoms with van der Waals surface area (Å²) in [6, 6.07) is 10.2. The molecule has 0 fully saturated rings. The summed E-state index contributed by atoms with van der Waals surface area (Å²) in [6.45, 7) is 4.77. The molecular weight excluding hydrogens is 431 g/mol. The van der Waals surface area contributed by atoms with Crippen molar-refractivity contribution >= 4 is 38.9 Å². The van der Waals surface area contributed by atoms with Crippen molar-refractivity contribution in [3.63, 3.8) is 0 Å². The van der Waals surface area contributed by atoms with Gasteiger partial charge in [-0.3, -0.25) is 14.2 Å². The number of aromatic nitrogens is 2. The Morgan fingerprint density at radius 1 is 1.17 bits per heavy atom. The fourth-order valence-corrected chi connectivity index (χ4v) is 4.34. The van der Waals surface area contributed by atoms with Gasteiger partial charge in [0.1, 0.15) is 5.82 Å². The van der Waals surface area contributed by atoms with E-state index in [1.807, 2.05) is 0 Å². The van der Waals surface area contributed by atoms with Gasteiger partial charge >= 0.3 is 0 Å². The summed E-state index contributed by atoms with van der Waals surface area (Å²) in [6.07, 6.45) is 0. The van der Waals surface area contributed by atoms with Gasteiger partial charge in [-0.15, -0.1) is 0 Å². The van der Waals surface area contributed by atoms with Crippen LogP contribution in [0.3, 0.4) is 0 Å². The van der Waals surface area contributed by atoms with Crippen LogP contribution in [-0.2, 0) is 21.4 Å². The number of rotatable bonds is 6. The predicted octanol–water partition coefficient (Wildman–Crippen LogP) is 4.10. The fourth-order valence-electron chi connectivity index (χ4n) is 2.95. The van der Waals surface area contributed by atoms with Crippen LogP contribution < -0.4 is 10.0 Å². The van der Waals surface area contributed by atoms with Crippen LogP contribution in [0.4, 0.5) is 15.8 Å². The molecule has 3 rings (SSSR count). The molecule has 0 aliphatic carbocycles. The quantitative estimate of drug-likeness (QED) is 0.591. The number of nitrogens with one attached hydrogen (secondary N) is 2. The molecule has 0 bridgehead atoms. The fraction of sp³-hybridized carbons (Fsp3) is 0.200. The summed E-state index contributed by atoms with van der Waals surface area (Å²) >= 11 is 6.09. The zero-order valence-corrected chi connectivity index (χ0v) is 18.1. The van der Waals surface area contributed by atoms with Crippen molar-refractivity contribution in [3.8, 4) is 0 Å². The number of benzene rings is 2. The highest BCUT2D eigenvalue weighted by Gasteiger charge is 2.21. The van der Waals surface area contributed by atoms with E-state index >= 15 is 0 Å². The first-order valence-corrected chi connectivity index (χ1v) is 10.8. The molecule has 158 valence electrons. The lowest BCUT2D eigenvalue weighted by Gasteiger charge is -2.11. The molecule has 2 aromatic carbocycles. The van der Waals surface area contributed by atoms with Gasteiger partial charge in [-0.25, -0.2) is 12.8 Å². The van der Waals surface area contributed by atoms with Gasteiger partial charge in [-0.05, 0) is 50.2 Å². The molecule has 0 unspecified atom stereocenters. The molecule has 3 aromatic rings. The molecule has 0 radical (unpaired) electrons. The van der Waals surface area contributed by atoms with E-state index in [1.165, 1.54) is 48.0 Å². The zero-order valence-electron chi connectivity index (χ0n) is 16.5. The first-order valence-electron chi connectivity index (χ1n) is 8.96. The molecule has 30 heavy (non-hydrogen) atoms. The molecule has 2 N–H and O–H groups in total. The third-order valence-corrected chi connectivity index (χ3v) is 6.19. The maximum Gasteiger partial charge on any atom is 0.262 e. The van der Waals surface area contributed by atoms with Crippen molar-refractivity contribution in [2.24, 2.45) is 0 Å². The highest BCUT2D eigenvalue weighted by Crippen LogP contribution is 2.26. The molecule has 1 heterocycles. The molecule has 7 nitrogen and oxygen atoms in total. The first-order chi connectivity index (χ1) is 14.1. The van der Waals surface area contributed by atoms with Crippen molar-refractivity contribution in [3.05, 3.63) is 70.3 Å². The number of amides is 1. The Balaban J connectivity index is 1.87. The number of nitrogens with zero attached hydrogens (tertiary/aromatic N) is 2. The van der Waals surface area contributed by atoms with Gasteiger partial charge in [0, 0.05) is 23.2 Å². The van der Waals surface area contributed by atoms with Crippen molar-refractivity contribution in [1.29, 1.82) is 0 Å². The summed E-state index contributed by atoms with van der Waals surface area (Å²) in [4.78, 5) is 11.1. The van der Waals surface area contributed by atoms with Crippen LogP contribution in [0.15, 0.2) is 47.4 Å². The molecule has 0 saturated heterocycles. The van der Waals surface area contributed by atoms with Gasteiger partial charge in [0.25, 0.3) is 10.0 Å². The highest BCUT2D eigenvalue weighted by molar-refractivity contribution is 7.92. The van der Waals surface area contributed by atoms with E-state index in [-0.39, 0.29) is 27.9 Å². The van der Waals surface area contributed by atoms with E-state index in [4.69, 9.17) is 11.6 Å². The van der Waals surface area contributed by atoms with Crippen LogP contribution >= 0.6 is 11.6 Å². The molecule has 0 aliphatic rings. The number of aryl methyl sites for hydroxylation is 1. The Labute approximate surface area is 178 Å². The average Bonchev–Trinajstić information content (AvgIpc) is 2.92. The average molecular weight is 451 g/mol. The number of anilines is 2. The van der Waals surface area contributed by atoms with E-state index in [1.54, 1.807) is 19.9 Å². The Hall–Kier alpha value is -2.91. The number of hydrogen-bond acceptors (Lipinski definition) is 4. The van der Waals surface area contributed by atoms with Crippen LogP contribution in [0.25, 0.3) is 0 Å². The van der Waals surface area contributed by atoms with Gasteiger partial charge in [0.2, 0.25) is 5.91 Å². The Morgan fingerprint density at radius 3 is 2.43 bits per heavy atom. The van der Waals surface area contributed by atoms with E-state index < -0.39 is 15.8 Å². The molecule has 0 aliphatic heterocycles. The summed E-state index contributed by atoms with van der Waals surface area (Å²) in [5.74, 6) is -0.714. The Morgan fingerprint density at radius 2 is 1.83 bits per heavy atom. The minimum Gasteiger partial charge on any atom is -0.326 e. The summed E-state index contributed by atoms with van der Waals surface area (Å²) in [5, 5.41) is 7.17. The third kappa shape index (κ3) is 4.63. The summed E-state index contributed by atoms with van der Waals surface area (Å²) < 4.78 is 43.8. The smallest absolute Gasteiger partial charge is 0.262 e. The lowest BCUT2D eigenvalue weighted by molar-refractivity contribution is -0.114. The van der Waals surface area contributed by atoms with Crippen molar-refractivity contribution in [2.45, 2.75) is 32.2 Å². The molecule has 0 spiro atoms. The molecule has 0 saturated carbocycles. The number of sulfonamides is 1. The minimum absolute atomic E-state index is 0.0281. The van der Waals surface area contributed by atoms with Crippen LogP contribution in [0.5, 0.6) is 0 Å². The van der Waals surface area contributed by atoms with Crippen LogP contribution in [0.2, 0.25) is 5.02 Å². The van der Waals surface area contributed by atoms with Crippen LogP contribution in [-0.4, -0.2) is 24.1 Å². The zero-order chi connectivity index (χ0) is 22.1. The molecule has 0 atom stereocenters. The lowest BCUT2D eigenvalue weighted by atomic mass is 10.2. The second-order valence-electron chi connectivity index (χ2n) is 6.71. The van der Waals surface area contributed by atoms with Gasteiger partial charge < -0.3 is 5.32 Å². The van der Waals surface area contributed by atoms with Crippen molar-refractivity contribution < 1.29 is 17.6 Å². The number of carbonyl (C=O) groups is 1. The highest BCUT2D eigenvalue weighted by atomic mass is 35.5. The number of carbonyl (C=O) groups excluding carboxylic acids is 1. The predicted molar refractivity (Wildman–Crippen MR) is 114 cm³/mol. The number of halogens is 2. The molecular formula is C20H20ClFN4O3S. The SMILES string of the molecule is CC(=O)Nc1ccc(S(=O)(=O)Nc2c(C)nn(Cc3c(F)cccc3Cl)c2C)cc1. The third-order valence-electron chi connectivity index (χ3n) is 4.47. The Kier molecular flexibility index (Phi) is 6.14. The topological polar surface area (TPSA) is 93.1 Å². The van der Waals surface area contributed by atoms with E-state index in [2.05, 4.69) is 15.1 Å². The second-order valence-corrected chi connectivity index (χ2v) is 8.80. The van der Waals surface area contributed by atoms with Crippen molar-refractivity contribution in [1.82, 2.24) is 9.78 Å². The van der Waals surface area contributed by atoms with Gasteiger partial charge in [-0.2, -0.15) is 5.10 Å². The van der Waals surface area contributed by atoms with E-state index in [0.29, 0.717) is 22.8 Å². The monoisotopic (exact) mass is 450 g/mol. The van der Waals surface area contributed by atoms with Crippen LogP contribution in [0.1, 0.15) is 23.9 Å². The van der Waals surface area contributed by atoms with E-state index in [9.17, 15) is 17.6 Å². The maximum atomic E-state index is 14.1. The molecule has 1 amide bonds. The van der Waals surface area contributed by atoms with Gasteiger partial charge in [0.15, 0.2) is 0 Å². The molecule has 1 aromatic heterocycles. The first kappa shape index (κ1) is 21.8. The second kappa shape index (κ2) is 8.45. The standard InChI is InChI=1S/C20H20ClFN4O3S/c1-12-20(13(2)26(24-12)11-17-18(21)5-4-6-19(17)22)25-30(28,29)16-9-7-15(8-10-16)23-14(3)27/h4-10,25H,11H2,1-3H3,(H,23,27). The largest absolute Gasteiger partial charge is 0.326 e. The lowest BCUT2D eigenvalue weighted by Crippen LogP contribution is -2.14. The number of hydrogen-bond donors (Lipinski definition) is 2. The van der Waals surface area contributed by atoms with E-state index in [0.717, 1.165) is 0 Å². The van der Waals surface area contributed by atoms with Crippen molar-refractivity contribution in [2.75, 3.05) is 10.0 Å². The summed E-state index contributed by atoms with van der Waals surface area (Å²) in [7, 11) is -3.90.